The molecule has 29 heavy (non-hydrogen) atoms. The van der Waals surface area contributed by atoms with Gasteiger partial charge in [0.25, 0.3) is 0 Å². The van der Waals surface area contributed by atoms with Gasteiger partial charge in [0.1, 0.15) is 17.3 Å². The molecule has 6 nitrogen and oxygen atoms in total. The first-order valence-electron chi connectivity index (χ1n) is 10.6. The van der Waals surface area contributed by atoms with E-state index in [1.165, 1.54) is 6.92 Å². The first kappa shape index (κ1) is 20.9. The van der Waals surface area contributed by atoms with Crippen molar-refractivity contribution >= 4 is 11.6 Å². The molecule has 3 N–H and O–H groups in total. The number of fused-ring (bicyclic) bond motifs is 1. The minimum absolute atomic E-state index is 0.0614. The van der Waals surface area contributed by atoms with Crippen molar-refractivity contribution in [3.63, 3.8) is 0 Å². The number of hydrogen-bond acceptors (Lipinski definition) is 6. The van der Waals surface area contributed by atoms with Gasteiger partial charge in [-0.15, -0.1) is 0 Å². The van der Waals surface area contributed by atoms with Crippen LogP contribution in [0.4, 0.5) is 0 Å². The first-order valence-corrected chi connectivity index (χ1v) is 10.6. The van der Waals surface area contributed by atoms with E-state index in [1.54, 1.807) is 13.0 Å². The van der Waals surface area contributed by atoms with Gasteiger partial charge >= 0.3 is 0 Å². The van der Waals surface area contributed by atoms with Crippen LogP contribution in [0.5, 0.6) is 0 Å². The highest BCUT2D eigenvalue weighted by Gasteiger charge is 2.84. The monoisotopic (exact) mass is 404 g/mol. The average molecular weight is 405 g/mol. The van der Waals surface area contributed by atoms with E-state index in [-0.39, 0.29) is 12.4 Å². The first-order chi connectivity index (χ1) is 13.4. The van der Waals surface area contributed by atoms with E-state index in [9.17, 15) is 24.9 Å². The molecule has 5 rings (SSSR count). The van der Waals surface area contributed by atoms with Crippen LogP contribution >= 0.6 is 0 Å². The van der Waals surface area contributed by atoms with E-state index >= 15 is 0 Å². The minimum Gasteiger partial charge on any atom is -0.391 e. The Hall–Kier alpha value is -1.34. The highest BCUT2D eigenvalue weighted by atomic mass is 16.6. The van der Waals surface area contributed by atoms with Gasteiger partial charge in [0.15, 0.2) is 5.78 Å². The van der Waals surface area contributed by atoms with Gasteiger partial charge in [-0.05, 0) is 50.5 Å². The van der Waals surface area contributed by atoms with Crippen LogP contribution in [0.3, 0.4) is 0 Å². The van der Waals surface area contributed by atoms with E-state index in [0.29, 0.717) is 24.8 Å². The highest BCUT2D eigenvalue weighted by Crippen LogP contribution is 2.72. The molecule has 0 aromatic rings. The summed E-state index contributed by atoms with van der Waals surface area (Å²) in [6, 6.07) is 0. The zero-order valence-electron chi connectivity index (χ0n) is 17.6. The van der Waals surface area contributed by atoms with Crippen LogP contribution in [0.25, 0.3) is 0 Å². The highest BCUT2D eigenvalue weighted by molar-refractivity contribution is 5.99. The van der Waals surface area contributed by atoms with Crippen LogP contribution in [0.1, 0.15) is 47.0 Å². The lowest BCUT2D eigenvalue weighted by Crippen LogP contribution is -2.86. The molecule has 1 spiro atoms. The summed E-state index contributed by atoms with van der Waals surface area (Å²) in [4.78, 5) is 26.6. The molecule has 160 valence electrons. The Morgan fingerprint density at radius 1 is 1.28 bits per heavy atom. The summed E-state index contributed by atoms with van der Waals surface area (Å²) in [5.41, 5.74) is -2.77. The second-order valence-electron chi connectivity index (χ2n) is 9.96. The molecule has 4 fully saturated rings. The number of rotatable bonds is 3. The molecule has 5 aliphatic rings. The normalized spacial score (nSPS) is 53.3. The summed E-state index contributed by atoms with van der Waals surface area (Å²) in [7, 11) is 0. The number of ketones is 2. The lowest BCUT2D eigenvalue weighted by atomic mass is 9.35. The van der Waals surface area contributed by atoms with Gasteiger partial charge in [-0.2, -0.15) is 0 Å². The summed E-state index contributed by atoms with van der Waals surface area (Å²) in [6.07, 6.45) is 2.30. The van der Waals surface area contributed by atoms with Gasteiger partial charge in [-0.25, -0.2) is 0 Å². The minimum atomic E-state index is -2.26. The fourth-order valence-corrected chi connectivity index (χ4v) is 7.40. The van der Waals surface area contributed by atoms with Crippen LogP contribution in [0.15, 0.2) is 24.3 Å². The Kier molecular flexibility index (Phi) is 4.40. The van der Waals surface area contributed by atoms with Crippen molar-refractivity contribution in [2.24, 2.45) is 34.0 Å². The summed E-state index contributed by atoms with van der Waals surface area (Å²) in [5.74, 6) is -4.54. The summed E-state index contributed by atoms with van der Waals surface area (Å²) in [6.45, 7) is 11.0. The van der Waals surface area contributed by atoms with Crippen molar-refractivity contribution < 1.29 is 29.6 Å². The molecule has 0 radical (unpaired) electrons. The fraction of sp³-hybridized carbons (Fsp3) is 0.739. The Labute approximate surface area is 171 Å². The van der Waals surface area contributed by atoms with Crippen LogP contribution in [-0.4, -0.2) is 51.5 Å². The second-order valence-corrected chi connectivity index (χ2v) is 9.96. The van der Waals surface area contributed by atoms with Crippen molar-refractivity contribution in [3.05, 3.63) is 24.3 Å². The Bertz CT molecular complexity index is 818. The maximum Gasteiger partial charge on any atom is 0.208 e. The van der Waals surface area contributed by atoms with Gasteiger partial charge in [0.05, 0.1) is 18.1 Å². The van der Waals surface area contributed by atoms with Crippen molar-refractivity contribution in [1.82, 2.24) is 0 Å². The van der Waals surface area contributed by atoms with Gasteiger partial charge in [0, 0.05) is 11.8 Å². The largest absolute Gasteiger partial charge is 0.391 e. The van der Waals surface area contributed by atoms with Gasteiger partial charge < -0.3 is 20.1 Å². The van der Waals surface area contributed by atoms with Crippen LogP contribution in [-0.2, 0) is 14.3 Å². The molecular formula is C23H32O6. The van der Waals surface area contributed by atoms with Crippen LogP contribution in [0.2, 0.25) is 0 Å². The summed E-state index contributed by atoms with van der Waals surface area (Å²) >= 11 is 0. The quantitative estimate of drug-likeness (QED) is 0.620. The van der Waals surface area contributed by atoms with Gasteiger partial charge in [-0.3, -0.25) is 9.59 Å². The van der Waals surface area contributed by atoms with Crippen molar-refractivity contribution in [1.29, 1.82) is 0 Å². The number of hydrogen-bond donors (Lipinski definition) is 3. The number of Topliss-reactive ketones (excluding diaryl/α,β-unsaturated/α-hetero) is 1. The van der Waals surface area contributed by atoms with Crippen LogP contribution < -0.4 is 0 Å². The lowest BCUT2D eigenvalue weighted by molar-refractivity contribution is -0.438. The third-order valence-electron chi connectivity index (χ3n) is 8.94. The third kappa shape index (κ3) is 2.06. The van der Waals surface area contributed by atoms with E-state index in [0.717, 1.165) is 0 Å². The molecule has 0 amide bonds. The second kappa shape index (κ2) is 6.10. The molecule has 2 saturated heterocycles. The maximum atomic E-state index is 13.4. The molecule has 0 aromatic heterocycles. The smallest absolute Gasteiger partial charge is 0.208 e. The molecule has 2 aliphatic heterocycles. The molecule has 3 aliphatic carbocycles. The predicted molar refractivity (Wildman–Crippen MR) is 106 cm³/mol. The lowest BCUT2D eigenvalue weighted by Gasteiger charge is -2.73. The van der Waals surface area contributed by atoms with E-state index < -0.39 is 57.8 Å². The van der Waals surface area contributed by atoms with E-state index in [2.05, 4.69) is 6.58 Å². The van der Waals surface area contributed by atoms with Crippen LogP contribution in [0, 0.1) is 34.0 Å². The molecule has 9 atom stereocenters. The van der Waals surface area contributed by atoms with Crippen molar-refractivity contribution in [2.75, 3.05) is 6.61 Å². The number of carbonyl (C=O) groups is 2. The third-order valence-corrected chi connectivity index (χ3v) is 8.94. The zero-order chi connectivity index (χ0) is 21.6. The predicted octanol–water partition coefficient (Wildman–Crippen LogP) is 1.78. The molecule has 0 aromatic carbocycles. The molecule has 6 heteroatoms. The molecule has 0 unspecified atom stereocenters. The van der Waals surface area contributed by atoms with Crippen molar-refractivity contribution in [2.45, 2.75) is 65.0 Å². The molecule has 2 bridgehead atoms. The number of aliphatic hydroxyl groups is 3. The zero-order valence-corrected chi connectivity index (χ0v) is 17.6. The standard InChI is InChI=1S/C23H32O6/c1-6-20(5)10-9-16(25)21-11-29-23(28,19(27)17(20)21)22(13(4)24)15(21)8-7-14(12(2)3)18(22)26/h9-10,14-15,17-19,26-28H,2,6-8,11H2,1,3-5H3/t14-,15-,17+,18+,19-,20+,21+,22+,23-/m0/s1. The number of carbonyl (C=O) groups excluding carboxylic acids is 2. The van der Waals surface area contributed by atoms with Gasteiger partial charge in [0.2, 0.25) is 5.79 Å². The molecule has 2 saturated carbocycles. The SMILES string of the molecule is C=C(C)[C@@H]1CC[C@H]2[C@@]34CO[C@@](O)([C@@H](O)[C@@H]3[C@](C)(CC)C=CC4=O)[C@@]2(C(C)=O)[C@@H]1O. The summed E-state index contributed by atoms with van der Waals surface area (Å²) < 4.78 is 5.82. The van der Waals surface area contributed by atoms with Crippen molar-refractivity contribution in [3.8, 4) is 0 Å². The number of aliphatic hydroxyl groups excluding tert-OH is 2. The Morgan fingerprint density at radius 3 is 2.48 bits per heavy atom. The van der Waals surface area contributed by atoms with Gasteiger partial charge in [-0.1, -0.05) is 32.1 Å². The number of ether oxygens (including phenoxy) is 1. The fourth-order valence-electron chi connectivity index (χ4n) is 7.40. The number of allylic oxidation sites excluding steroid dienone is 2. The van der Waals surface area contributed by atoms with E-state index in [4.69, 9.17) is 4.74 Å². The Balaban J connectivity index is 2.03. The maximum absolute atomic E-state index is 13.4. The summed E-state index contributed by atoms with van der Waals surface area (Å²) in [5, 5.41) is 34.7. The average Bonchev–Trinajstić information content (AvgIpc) is 2.66. The topological polar surface area (TPSA) is 104 Å². The van der Waals surface area contributed by atoms with E-state index in [1.807, 2.05) is 19.9 Å². The molecular weight excluding hydrogens is 372 g/mol. The Morgan fingerprint density at radius 2 is 1.93 bits per heavy atom. The molecule has 2 heterocycles.